The zero-order valence-electron chi connectivity index (χ0n) is 11.3. The molecule has 0 aliphatic carbocycles. The zero-order valence-corrected chi connectivity index (χ0v) is 12.9. The molecule has 8 heteroatoms. The van der Waals surface area contributed by atoms with Gasteiger partial charge in [0.05, 0.1) is 10.9 Å². The minimum absolute atomic E-state index is 0.0519. The maximum Gasteiger partial charge on any atom is 0.306 e. The van der Waals surface area contributed by atoms with Gasteiger partial charge in [0.2, 0.25) is 10.0 Å². The van der Waals surface area contributed by atoms with Crippen LogP contribution in [0.25, 0.3) is 0 Å². The average Bonchev–Trinajstić information content (AvgIpc) is 2.40. The summed E-state index contributed by atoms with van der Waals surface area (Å²) in [5.41, 5.74) is 0. The number of carboxylic acids is 1. The monoisotopic (exact) mass is 335 g/mol. The van der Waals surface area contributed by atoms with Gasteiger partial charge in [0, 0.05) is 12.6 Å². The molecule has 1 aliphatic heterocycles. The number of halogens is 2. The second kappa shape index (κ2) is 5.90. The van der Waals surface area contributed by atoms with Gasteiger partial charge < -0.3 is 5.11 Å². The number of piperidine rings is 1. The smallest absolute Gasteiger partial charge is 0.306 e. The van der Waals surface area contributed by atoms with Crippen molar-refractivity contribution >= 4 is 27.6 Å². The van der Waals surface area contributed by atoms with E-state index in [-0.39, 0.29) is 29.3 Å². The van der Waals surface area contributed by atoms with Gasteiger partial charge in [-0.1, -0.05) is 11.6 Å². The lowest BCUT2D eigenvalue weighted by Gasteiger charge is -2.35. The maximum atomic E-state index is 13.3. The van der Waals surface area contributed by atoms with Gasteiger partial charge in [0.1, 0.15) is 10.7 Å². The number of nitrogens with zero attached hydrogens (tertiary/aromatic N) is 1. The predicted molar refractivity (Wildman–Crippen MR) is 75.1 cm³/mol. The van der Waals surface area contributed by atoms with Crippen LogP contribution in [-0.2, 0) is 14.8 Å². The van der Waals surface area contributed by atoms with Crippen LogP contribution in [-0.4, -0.2) is 36.4 Å². The summed E-state index contributed by atoms with van der Waals surface area (Å²) in [6.07, 6.45) is 0.452. The van der Waals surface area contributed by atoms with Crippen molar-refractivity contribution in [2.24, 2.45) is 5.92 Å². The summed E-state index contributed by atoms with van der Waals surface area (Å²) < 4.78 is 39.6. The van der Waals surface area contributed by atoms with E-state index in [0.29, 0.717) is 0 Å². The number of carbonyl (C=O) groups is 1. The molecule has 2 rings (SSSR count). The standard InChI is InChI=1S/C13H15ClFNO4S/c1-8-6-9(13(17)18)4-5-16(8)21(19,20)12-7-10(15)2-3-11(12)14/h2-3,7-9H,4-6H2,1H3,(H,17,18). The van der Waals surface area contributed by atoms with E-state index in [9.17, 15) is 17.6 Å². The van der Waals surface area contributed by atoms with Gasteiger partial charge in [-0.2, -0.15) is 4.31 Å². The van der Waals surface area contributed by atoms with Gasteiger partial charge in [0.15, 0.2) is 0 Å². The van der Waals surface area contributed by atoms with Crippen LogP contribution in [0, 0.1) is 11.7 Å². The summed E-state index contributed by atoms with van der Waals surface area (Å²) in [6, 6.07) is 2.68. The van der Waals surface area contributed by atoms with E-state index in [1.807, 2.05) is 0 Å². The molecule has 1 fully saturated rings. The molecule has 0 bridgehead atoms. The lowest BCUT2D eigenvalue weighted by molar-refractivity contribution is -0.143. The normalized spacial score (nSPS) is 24.0. The highest BCUT2D eigenvalue weighted by Gasteiger charge is 2.37. The summed E-state index contributed by atoms with van der Waals surface area (Å²) in [5.74, 6) is -2.18. The first-order chi connectivity index (χ1) is 9.73. The van der Waals surface area contributed by atoms with Crippen molar-refractivity contribution in [3.05, 3.63) is 29.0 Å². The number of rotatable bonds is 3. The van der Waals surface area contributed by atoms with E-state index in [1.165, 1.54) is 10.4 Å². The minimum atomic E-state index is -3.95. The third kappa shape index (κ3) is 3.20. The lowest BCUT2D eigenvalue weighted by atomic mass is 9.93. The van der Waals surface area contributed by atoms with Crippen LogP contribution >= 0.6 is 11.6 Å². The molecule has 1 heterocycles. The van der Waals surface area contributed by atoms with E-state index in [2.05, 4.69) is 0 Å². The predicted octanol–water partition coefficient (Wildman–Crippen LogP) is 2.35. The van der Waals surface area contributed by atoms with Crippen molar-refractivity contribution in [1.82, 2.24) is 4.31 Å². The first-order valence-electron chi connectivity index (χ1n) is 6.43. The Kier molecular flexibility index (Phi) is 4.55. The topological polar surface area (TPSA) is 74.7 Å². The van der Waals surface area contributed by atoms with E-state index in [0.717, 1.165) is 12.1 Å². The van der Waals surface area contributed by atoms with Crippen LogP contribution in [0.4, 0.5) is 4.39 Å². The Labute approximate surface area is 127 Å². The number of sulfonamides is 1. The Bertz CT molecular complexity index is 664. The molecule has 0 amide bonds. The molecule has 0 radical (unpaired) electrons. The van der Waals surface area contributed by atoms with Crippen LogP contribution in [0.3, 0.4) is 0 Å². The first-order valence-corrected chi connectivity index (χ1v) is 8.25. The molecule has 1 aliphatic rings. The third-order valence-electron chi connectivity index (χ3n) is 3.64. The SMILES string of the molecule is CC1CC(C(=O)O)CCN1S(=O)(=O)c1cc(F)ccc1Cl. The summed E-state index contributed by atoms with van der Waals surface area (Å²) in [7, 11) is -3.95. The van der Waals surface area contributed by atoms with Gasteiger partial charge in [0.25, 0.3) is 0 Å². The van der Waals surface area contributed by atoms with E-state index < -0.39 is 33.8 Å². The molecule has 0 aromatic heterocycles. The van der Waals surface area contributed by atoms with Crippen molar-refractivity contribution in [2.45, 2.75) is 30.7 Å². The Morgan fingerprint density at radius 3 is 2.71 bits per heavy atom. The molecule has 2 unspecified atom stereocenters. The van der Waals surface area contributed by atoms with Crippen LogP contribution in [0.1, 0.15) is 19.8 Å². The van der Waals surface area contributed by atoms with Crippen molar-refractivity contribution < 1.29 is 22.7 Å². The summed E-state index contributed by atoms with van der Waals surface area (Å²) in [6.45, 7) is 1.72. The highest BCUT2D eigenvalue weighted by atomic mass is 35.5. The lowest BCUT2D eigenvalue weighted by Crippen LogP contribution is -2.46. The van der Waals surface area contributed by atoms with Gasteiger partial charge in [-0.3, -0.25) is 4.79 Å². The molecular weight excluding hydrogens is 321 g/mol. The Morgan fingerprint density at radius 2 is 2.14 bits per heavy atom. The number of carboxylic acid groups (broad SMARTS) is 1. The molecule has 116 valence electrons. The van der Waals surface area contributed by atoms with Gasteiger partial charge in [-0.25, -0.2) is 12.8 Å². The minimum Gasteiger partial charge on any atom is -0.481 e. The quantitative estimate of drug-likeness (QED) is 0.920. The molecule has 2 atom stereocenters. The van der Waals surface area contributed by atoms with Crippen molar-refractivity contribution in [2.75, 3.05) is 6.54 Å². The molecule has 5 nitrogen and oxygen atoms in total. The Morgan fingerprint density at radius 1 is 1.48 bits per heavy atom. The maximum absolute atomic E-state index is 13.3. The van der Waals surface area contributed by atoms with E-state index in [4.69, 9.17) is 16.7 Å². The first kappa shape index (κ1) is 16.2. The van der Waals surface area contributed by atoms with Crippen LogP contribution < -0.4 is 0 Å². The second-order valence-electron chi connectivity index (χ2n) is 5.10. The second-order valence-corrected chi connectivity index (χ2v) is 7.37. The van der Waals surface area contributed by atoms with E-state index >= 15 is 0 Å². The van der Waals surface area contributed by atoms with Gasteiger partial charge in [-0.05, 0) is 38.0 Å². The molecule has 1 saturated heterocycles. The van der Waals surface area contributed by atoms with Crippen LogP contribution in [0.15, 0.2) is 23.1 Å². The van der Waals surface area contributed by atoms with Crippen molar-refractivity contribution in [3.8, 4) is 0 Å². The average molecular weight is 336 g/mol. The fraction of sp³-hybridized carbons (Fsp3) is 0.462. The van der Waals surface area contributed by atoms with Crippen molar-refractivity contribution in [3.63, 3.8) is 0 Å². The molecule has 21 heavy (non-hydrogen) atoms. The number of hydrogen-bond donors (Lipinski definition) is 1. The highest BCUT2D eigenvalue weighted by Crippen LogP contribution is 2.31. The zero-order chi connectivity index (χ0) is 15.8. The van der Waals surface area contributed by atoms with Gasteiger partial charge in [-0.15, -0.1) is 0 Å². The fourth-order valence-electron chi connectivity index (χ4n) is 2.53. The van der Waals surface area contributed by atoms with Crippen LogP contribution in [0.2, 0.25) is 5.02 Å². The highest BCUT2D eigenvalue weighted by molar-refractivity contribution is 7.89. The molecular formula is C13H15ClFNO4S. The summed E-state index contributed by atoms with van der Waals surface area (Å²) in [4.78, 5) is 10.7. The number of benzene rings is 1. The Balaban J connectivity index is 2.32. The molecule has 0 saturated carbocycles. The van der Waals surface area contributed by atoms with E-state index in [1.54, 1.807) is 6.92 Å². The fourth-order valence-corrected chi connectivity index (χ4v) is 4.68. The van der Waals surface area contributed by atoms with Crippen molar-refractivity contribution in [1.29, 1.82) is 0 Å². The molecule has 1 aromatic carbocycles. The summed E-state index contributed by atoms with van der Waals surface area (Å²) in [5, 5.41) is 8.95. The Hall–Kier alpha value is -1.18. The van der Waals surface area contributed by atoms with Crippen LogP contribution in [0.5, 0.6) is 0 Å². The molecule has 1 aromatic rings. The van der Waals surface area contributed by atoms with Gasteiger partial charge >= 0.3 is 5.97 Å². The number of hydrogen-bond acceptors (Lipinski definition) is 3. The summed E-state index contributed by atoms with van der Waals surface area (Å²) >= 11 is 5.86. The number of aliphatic carboxylic acids is 1. The molecule has 1 N–H and O–H groups in total. The third-order valence-corrected chi connectivity index (χ3v) is 6.14. The largest absolute Gasteiger partial charge is 0.481 e. The molecule has 0 spiro atoms.